The molecule has 0 saturated carbocycles. The number of aliphatic hydroxyl groups is 1. The number of ether oxygens (including phenoxy) is 1. The Hall–Kier alpha value is -1.71. The molecule has 2 saturated heterocycles. The number of hydrogen-bond acceptors (Lipinski definition) is 4. The maximum absolute atomic E-state index is 13.7. The van der Waals surface area contributed by atoms with E-state index >= 15 is 0 Å². The van der Waals surface area contributed by atoms with Crippen LogP contribution in [0.2, 0.25) is 0 Å². The van der Waals surface area contributed by atoms with Crippen LogP contribution in [0, 0.1) is 11.7 Å². The fourth-order valence-corrected chi connectivity index (χ4v) is 3.66. The van der Waals surface area contributed by atoms with E-state index in [9.17, 15) is 27.5 Å². The van der Waals surface area contributed by atoms with Crippen LogP contribution >= 0.6 is 0 Å². The molecule has 2 aliphatic rings. The molecule has 2 atom stereocenters. The molecule has 1 amide bonds. The van der Waals surface area contributed by atoms with Gasteiger partial charge in [0, 0.05) is 32.0 Å². The van der Waals surface area contributed by atoms with Gasteiger partial charge in [0.25, 0.3) is 0 Å². The minimum Gasteiger partial charge on any atom is -0.392 e. The second kappa shape index (κ2) is 8.12. The van der Waals surface area contributed by atoms with Crippen LogP contribution in [0.25, 0.3) is 0 Å². The predicted molar refractivity (Wildman–Crippen MR) is 89.6 cm³/mol. The zero-order valence-corrected chi connectivity index (χ0v) is 14.6. The first-order valence-electron chi connectivity index (χ1n) is 8.91. The highest BCUT2D eigenvalue weighted by Gasteiger charge is 2.38. The van der Waals surface area contributed by atoms with Crippen molar-refractivity contribution in [1.82, 2.24) is 4.90 Å². The maximum Gasteiger partial charge on any atom is 0.419 e. The lowest BCUT2D eigenvalue weighted by Crippen LogP contribution is -2.42. The van der Waals surface area contributed by atoms with Crippen molar-refractivity contribution in [2.45, 2.75) is 37.6 Å². The molecule has 0 aliphatic carbocycles. The third-order valence-corrected chi connectivity index (χ3v) is 5.06. The van der Waals surface area contributed by atoms with Gasteiger partial charge in [0.15, 0.2) is 0 Å². The molecule has 0 bridgehead atoms. The summed E-state index contributed by atoms with van der Waals surface area (Å²) < 4.78 is 56.9. The highest BCUT2D eigenvalue weighted by atomic mass is 19.4. The summed E-state index contributed by atoms with van der Waals surface area (Å²) in [5.74, 6) is -1.54. The van der Waals surface area contributed by atoms with Crippen molar-refractivity contribution >= 4 is 11.6 Å². The Kier molecular flexibility index (Phi) is 6.02. The number of likely N-dealkylation sites (tertiary alicyclic amines) is 1. The summed E-state index contributed by atoms with van der Waals surface area (Å²) in [5, 5.41) is 12.4. The summed E-state index contributed by atoms with van der Waals surface area (Å²) in [6.07, 6.45) is -3.44. The van der Waals surface area contributed by atoms with Crippen molar-refractivity contribution in [3.8, 4) is 0 Å². The van der Waals surface area contributed by atoms with E-state index in [1.165, 1.54) is 0 Å². The SMILES string of the molecule is O=C(Nc1ccc(C(F)(F)F)c(F)c1)[C@@H]1C[C@H](O)CN1CC1CCOCC1. The van der Waals surface area contributed by atoms with Gasteiger partial charge in [0.05, 0.1) is 17.7 Å². The molecule has 150 valence electrons. The summed E-state index contributed by atoms with van der Waals surface area (Å²) in [6.45, 7) is 2.34. The topological polar surface area (TPSA) is 61.8 Å². The lowest BCUT2D eigenvalue weighted by Gasteiger charge is -2.30. The van der Waals surface area contributed by atoms with Gasteiger partial charge in [0.1, 0.15) is 5.82 Å². The molecule has 0 unspecified atom stereocenters. The third kappa shape index (κ3) is 4.97. The summed E-state index contributed by atoms with van der Waals surface area (Å²) in [4.78, 5) is 14.5. The van der Waals surface area contributed by atoms with Crippen molar-refractivity contribution in [2.24, 2.45) is 5.92 Å². The fourth-order valence-electron chi connectivity index (χ4n) is 3.66. The third-order valence-electron chi connectivity index (χ3n) is 5.06. The molecule has 2 fully saturated rings. The molecule has 1 aromatic carbocycles. The van der Waals surface area contributed by atoms with E-state index in [1.807, 2.05) is 4.90 Å². The molecule has 2 aliphatic heterocycles. The number of anilines is 1. The summed E-state index contributed by atoms with van der Waals surface area (Å²) in [7, 11) is 0. The van der Waals surface area contributed by atoms with Gasteiger partial charge >= 0.3 is 6.18 Å². The van der Waals surface area contributed by atoms with Crippen LogP contribution in [-0.2, 0) is 15.7 Å². The van der Waals surface area contributed by atoms with Crippen molar-refractivity contribution in [1.29, 1.82) is 0 Å². The Labute approximate surface area is 154 Å². The number of amides is 1. The minimum atomic E-state index is -4.79. The molecule has 0 aromatic heterocycles. The Morgan fingerprint density at radius 3 is 2.63 bits per heavy atom. The first-order chi connectivity index (χ1) is 12.7. The monoisotopic (exact) mass is 390 g/mol. The van der Waals surface area contributed by atoms with Gasteiger partial charge in [-0.2, -0.15) is 13.2 Å². The number of β-amino-alcohol motifs (C(OH)–C–C–N with tert-alkyl or cyclic N) is 1. The standard InChI is InChI=1S/C18H22F4N2O3/c19-15-7-12(1-2-14(15)18(20,21)22)23-17(26)16-8-13(25)10-24(16)9-11-3-5-27-6-4-11/h1-2,7,11,13,16,25H,3-6,8-10H2,(H,23,26)/t13-,16-/m0/s1. The lowest BCUT2D eigenvalue weighted by atomic mass is 9.99. The number of hydrogen-bond donors (Lipinski definition) is 2. The number of carbonyl (C=O) groups is 1. The molecule has 2 heterocycles. The minimum absolute atomic E-state index is 0.0436. The van der Waals surface area contributed by atoms with Gasteiger partial charge in [-0.15, -0.1) is 0 Å². The van der Waals surface area contributed by atoms with Gasteiger partial charge < -0.3 is 15.2 Å². The Morgan fingerprint density at radius 1 is 1.30 bits per heavy atom. The highest BCUT2D eigenvalue weighted by molar-refractivity contribution is 5.95. The number of alkyl halides is 3. The normalized spacial score (nSPS) is 24.9. The van der Waals surface area contributed by atoms with Gasteiger partial charge in [-0.1, -0.05) is 0 Å². The summed E-state index contributed by atoms with van der Waals surface area (Å²) >= 11 is 0. The van der Waals surface area contributed by atoms with E-state index in [4.69, 9.17) is 4.74 Å². The smallest absolute Gasteiger partial charge is 0.392 e. The Morgan fingerprint density at radius 2 is 2.00 bits per heavy atom. The lowest BCUT2D eigenvalue weighted by molar-refractivity contribution is -0.140. The molecular formula is C18H22F4N2O3. The van der Waals surface area contributed by atoms with Gasteiger partial charge in [-0.05, 0) is 43.4 Å². The molecule has 9 heteroatoms. The summed E-state index contributed by atoms with van der Waals surface area (Å²) in [5.41, 5.74) is -1.42. The van der Waals surface area contributed by atoms with Crippen molar-refractivity contribution in [2.75, 3.05) is 31.6 Å². The average Bonchev–Trinajstić information content (AvgIpc) is 2.95. The quantitative estimate of drug-likeness (QED) is 0.776. The summed E-state index contributed by atoms with van der Waals surface area (Å²) in [6, 6.07) is 1.69. The molecule has 1 aromatic rings. The number of carbonyl (C=O) groups excluding carboxylic acids is 1. The highest BCUT2D eigenvalue weighted by Crippen LogP contribution is 2.32. The zero-order valence-electron chi connectivity index (χ0n) is 14.6. The molecule has 0 spiro atoms. The maximum atomic E-state index is 13.7. The predicted octanol–water partition coefficient (Wildman–Crippen LogP) is 2.64. The number of halogens is 4. The average molecular weight is 390 g/mol. The van der Waals surface area contributed by atoms with Crippen LogP contribution < -0.4 is 5.32 Å². The van der Waals surface area contributed by atoms with Gasteiger partial charge in [-0.3, -0.25) is 9.69 Å². The van der Waals surface area contributed by atoms with Crippen LogP contribution in [0.4, 0.5) is 23.2 Å². The van der Waals surface area contributed by atoms with Crippen LogP contribution in [0.3, 0.4) is 0 Å². The molecule has 3 rings (SSSR count). The number of rotatable bonds is 4. The van der Waals surface area contributed by atoms with Crippen molar-refractivity contribution < 1.29 is 32.2 Å². The van der Waals surface area contributed by atoms with Gasteiger partial charge in [0.2, 0.25) is 5.91 Å². The number of nitrogens with one attached hydrogen (secondary N) is 1. The van der Waals surface area contributed by atoms with Crippen LogP contribution in [0.5, 0.6) is 0 Å². The number of nitrogens with zero attached hydrogens (tertiary/aromatic N) is 1. The number of benzene rings is 1. The van der Waals surface area contributed by atoms with Crippen LogP contribution in [0.1, 0.15) is 24.8 Å². The van der Waals surface area contributed by atoms with Crippen molar-refractivity contribution in [3.63, 3.8) is 0 Å². The first-order valence-corrected chi connectivity index (χ1v) is 8.91. The molecule has 27 heavy (non-hydrogen) atoms. The van der Waals surface area contributed by atoms with E-state index in [0.717, 1.165) is 18.9 Å². The zero-order chi connectivity index (χ0) is 19.6. The van der Waals surface area contributed by atoms with Crippen LogP contribution in [0.15, 0.2) is 18.2 Å². The van der Waals surface area contributed by atoms with E-state index in [-0.39, 0.29) is 12.1 Å². The van der Waals surface area contributed by atoms with Gasteiger partial charge in [-0.25, -0.2) is 4.39 Å². The second-order valence-corrected chi connectivity index (χ2v) is 7.10. The van der Waals surface area contributed by atoms with Crippen molar-refractivity contribution in [3.05, 3.63) is 29.6 Å². The van der Waals surface area contributed by atoms with E-state index in [1.54, 1.807) is 0 Å². The van der Waals surface area contributed by atoms with E-state index in [0.29, 0.717) is 44.4 Å². The van der Waals surface area contributed by atoms with Crippen LogP contribution in [-0.4, -0.2) is 54.4 Å². The molecule has 0 radical (unpaired) electrons. The number of aliphatic hydroxyl groups excluding tert-OH is 1. The fraction of sp³-hybridized carbons (Fsp3) is 0.611. The molecule has 2 N–H and O–H groups in total. The second-order valence-electron chi connectivity index (χ2n) is 7.10. The van der Waals surface area contributed by atoms with E-state index in [2.05, 4.69) is 5.32 Å². The molecule has 5 nitrogen and oxygen atoms in total. The largest absolute Gasteiger partial charge is 0.419 e. The molecular weight excluding hydrogens is 368 g/mol. The first kappa shape index (κ1) is 20.0. The van der Waals surface area contributed by atoms with E-state index < -0.39 is 35.6 Å². The Balaban J connectivity index is 1.66. The Bertz CT molecular complexity index is 677.